The van der Waals surface area contributed by atoms with Crippen molar-refractivity contribution in [2.75, 3.05) is 19.7 Å². The van der Waals surface area contributed by atoms with Gasteiger partial charge in [-0.15, -0.1) is 0 Å². The zero-order chi connectivity index (χ0) is 17.1. The quantitative estimate of drug-likeness (QED) is 0.755. The number of ether oxygens (including phenoxy) is 1. The van der Waals surface area contributed by atoms with Gasteiger partial charge in [-0.05, 0) is 52.0 Å². The van der Waals surface area contributed by atoms with E-state index < -0.39 is 0 Å². The molecule has 0 radical (unpaired) electrons. The van der Waals surface area contributed by atoms with E-state index in [4.69, 9.17) is 4.74 Å². The first-order valence-corrected chi connectivity index (χ1v) is 9.32. The van der Waals surface area contributed by atoms with E-state index in [0.29, 0.717) is 24.8 Å². The first-order chi connectivity index (χ1) is 11.6. The van der Waals surface area contributed by atoms with Crippen LogP contribution in [0.15, 0.2) is 11.3 Å². The van der Waals surface area contributed by atoms with Crippen molar-refractivity contribution in [3.63, 3.8) is 0 Å². The van der Waals surface area contributed by atoms with Crippen LogP contribution in [-0.2, 0) is 9.53 Å². The second kappa shape index (κ2) is 7.55. The molecular formula is C18H29N3O3. The van der Waals surface area contributed by atoms with Crippen molar-refractivity contribution in [3.05, 3.63) is 11.3 Å². The molecule has 0 bridgehead atoms. The predicted octanol–water partition coefficient (Wildman–Crippen LogP) is 2.16. The standard InChI is InChI=1S/C18H29N3O3/c1-3-24-17(22)16-12(2)19-18(23)20-14(16)11-21-10-6-9-15(21)13-7-4-5-8-13/h12-13,15H,3-11H2,1-2H3,(H2,19,20,23). The summed E-state index contributed by atoms with van der Waals surface area (Å²) in [5.41, 5.74) is 1.28. The maximum Gasteiger partial charge on any atom is 0.337 e. The van der Waals surface area contributed by atoms with Gasteiger partial charge in [0.25, 0.3) is 0 Å². The largest absolute Gasteiger partial charge is 0.463 e. The summed E-state index contributed by atoms with van der Waals surface area (Å²) in [4.78, 5) is 26.7. The molecule has 6 heteroatoms. The van der Waals surface area contributed by atoms with Crippen LogP contribution in [-0.4, -0.2) is 48.7 Å². The van der Waals surface area contributed by atoms with E-state index >= 15 is 0 Å². The lowest BCUT2D eigenvalue weighted by Crippen LogP contribution is -2.51. The fourth-order valence-electron chi connectivity index (χ4n) is 4.53. The van der Waals surface area contributed by atoms with Gasteiger partial charge in [0, 0.05) is 18.3 Å². The maximum atomic E-state index is 12.3. The lowest BCUT2D eigenvalue weighted by Gasteiger charge is -2.33. The third-order valence-corrected chi connectivity index (χ3v) is 5.58. The zero-order valence-electron chi connectivity index (χ0n) is 14.8. The molecule has 0 aromatic rings. The Morgan fingerprint density at radius 1 is 1.25 bits per heavy atom. The van der Waals surface area contributed by atoms with Gasteiger partial charge in [-0.3, -0.25) is 4.90 Å². The first kappa shape index (κ1) is 17.3. The molecule has 2 unspecified atom stereocenters. The third-order valence-electron chi connectivity index (χ3n) is 5.58. The molecule has 2 fully saturated rings. The Balaban J connectivity index is 1.79. The number of carbonyl (C=O) groups is 2. The van der Waals surface area contributed by atoms with Crippen LogP contribution in [0, 0.1) is 5.92 Å². The number of amides is 2. The average molecular weight is 335 g/mol. The van der Waals surface area contributed by atoms with Gasteiger partial charge in [0.1, 0.15) is 0 Å². The van der Waals surface area contributed by atoms with E-state index in [1.165, 1.54) is 38.5 Å². The fourth-order valence-corrected chi connectivity index (χ4v) is 4.53. The van der Waals surface area contributed by atoms with Crippen LogP contribution in [0.25, 0.3) is 0 Å². The van der Waals surface area contributed by atoms with Gasteiger partial charge in [-0.1, -0.05) is 12.8 Å². The molecule has 1 aliphatic carbocycles. The van der Waals surface area contributed by atoms with Crippen molar-refractivity contribution < 1.29 is 14.3 Å². The van der Waals surface area contributed by atoms with E-state index in [-0.39, 0.29) is 18.0 Å². The Morgan fingerprint density at radius 2 is 2.00 bits per heavy atom. The minimum atomic E-state index is -0.330. The number of esters is 1. The molecule has 0 aromatic carbocycles. The van der Waals surface area contributed by atoms with Crippen LogP contribution >= 0.6 is 0 Å². The second-order valence-corrected chi connectivity index (χ2v) is 7.16. The summed E-state index contributed by atoms with van der Waals surface area (Å²) in [6.07, 6.45) is 7.73. The molecule has 6 nitrogen and oxygen atoms in total. The monoisotopic (exact) mass is 335 g/mol. The SMILES string of the molecule is CCOC(=O)C1=C(CN2CCCC2C2CCCC2)NC(=O)NC1C. The smallest absolute Gasteiger partial charge is 0.337 e. The van der Waals surface area contributed by atoms with Crippen molar-refractivity contribution in [1.29, 1.82) is 0 Å². The molecule has 134 valence electrons. The van der Waals surface area contributed by atoms with Gasteiger partial charge in [0.15, 0.2) is 0 Å². The van der Waals surface area contributed by atoms with Gasteiger partial charge >= 0.3 is 12.0 Å². The lowest BCUT2D eigenvalue weighted by molar-refractivity contribution is -0.139. The van der Waals surface area contributed by atoms with Gasteiger partial charge in [0.2, 0.25) is 0 Å². The van der Waals surface area contributed by atoms with Crippen LogP contribution in [0.3, 0.4) is 0 Å². The lowest BCUT2D eigenvalue weighted by atomic mass is 9.95. The topological polar surface area (TPSA) is 70.7 Å². The van der Waals surface area contributed by atoms with Crippen LogP contribution in [0.4, 0.5) is 4.79 Å². The number of rotatable bonds is 5. The second-order valence-electron chi connectivity index (χ2n) is 7.16. The molecule has 24 heavy (non-hydrogen) atoms. The summed E-state index contributed by atoms with van der Waals surface area (Å²) in [6.45, 7) is 5.65. The van der Waals surface area contributed by atoms with E-state index in [1.54, 1.807) is 6.92 Å². The predicted molar refractivity (Wildman–Crippen MR) is 91.3 cm³/mol. The minimum Gasteiger partial charge on any atom is -0.463 e. The normalized spacial score (nSPS) is 28.8. The Kier molecular flexibility index (Phi) is 5.43. The average Bonchev–Trinajstić information content (AvgIpc) is 3.17. The third kappa shape index (κ3) is 3.58. The summed E-state index contributed by atoms with van der Waals surface area (Å²) in [6, 6.07) is 0.0352. The molecular weight excluding hydrogens is 306 g/mol. The van der Waals surface area contributed by atoms with Gasteiger partial charge in [0.05, 0.1) is 18.2 Å². The van der Waals surface area contributed by atoms with Crippen molar-refractivity contribution >= 4 is 12.0 Å². The Hall–Kier alpha value is -1.56. The molecule has 3 aliphatic rings. The van der Waals surface area contributed by atoms with Crippen molar-refractivity contribution in [2.45, 2.75) is 64.5 Å². The first-order valence-electron chi connectivity index (χ1n) is 9.32. The molecule has 1 saturated carbocycles. The summed E-state index contributed by atoms with van der Waals surface area (Å²) >= 11 is 0. The van der Waals surface area contributed by atoms with Crippen LogP contribution in [0.5, 0.6) is 0 Å². The molecule has 3 rings (SSSR count). The van der Waals surface area contributed by atoms with Crippen LogP contribution < -0.4 is 10.6 Å². The van der Waals surface area contributed by atoms with E-state index in [1.807, 2.05) is 6.92 Å². The highest BCUT2D eigenvalue weighted by Gasteiger charge is 2.36. The highest BCUT2D eigenvalue weighted by molar-refractivity contribution is 5.94. The number of hydrogen-bond donors (Lipinski definition) is 2. The van der Waals surface area contributed by atoms with Crippen molar-refractivity contribution in [3.8, 4) is 0 Å². The highest BCUT2D eigenvalue weighted by Crippen LogP contribution is 2.35. The number of likely N-dealkylation sites (tertiary alicyclic amines) is 1. The zero-order valence-corrected chi connectivity index (χ0v) is 14.8. The van der Waals surface area contributed by atoms with Gasteiger partial charge in [-0.2, -0.15) is 0 Å². The maximum absolute atomic E-state index is 12.3. The molecule has 2 N–H and O–H groups in total. The van der Waals surface area contributed by atoms with Crippen LogP contribution in [0.2, 0.25) is 0 Å². The Labute approximate surface area is 144 Å². The fraction of sp³-hybridized carbons (Fsp3) is 0.778. The van der Waals surface area contributed by atoms with E-state index in [2.05, 4.69) is 15.5 Å². The van der Waals surface area contributed by atoms with Gasteiger partial charge < -0.3 is 15.4 Å². The molecule has 2 heterocycles. The van der Waals surface area contributed by atoms with Crippen LogP contribution in [0.1, 0.15) is 52.4 Å². The number of nitrogens with zero attached hydrogens (tertiary/aromatic N) is 1. The molecule has 0 aromatic heterocycles. The molecule has 2 amide bonds. The number of hydrogen-bond acceptors (Lipinski definition) is 4. The van der Waals surface area contributed by atoms with Crippen molar-refractivity contribution in [2.24, 2.45) is 5.92 Å². The van der Waals surface area contributed by atoms with Gasteiger partial charge in [-0.25, -0.2) is 9.59 Å². The Bertz CT molecular complexity index is 526. The molecule has 0 spiro atoms. The highest BCUT2D eigenvalue weighted by atomic mass is 16.5. The molecule has 2 atom stereocenters. The van der Waals surface area contributed by atoms with Crippen molar-refractivity contribution in [1.82, 2.24) is 15.5 Å². The summed E-state index contributed by atoms with van der Waals surface area (Å²) in [7, 11) is 0. The van der Waals surface area contributed by atoms with E-state index in [9.17, 15) is 9.59 Å². The summed E-state index contributed by atoms with van der Waals surface area (Å²) < 4.78 is 5.20. The number of carbonyl (C=O) groups excluding carboxylic acids is 2. The molecule has 1 saturated heterocycles. The summed E-state index contributed by atoms with van der Waals surface area (Å²) in [5.74, 6) is 0.443. The number of nitrogens with one attached hydrogen (secondary N) is 2. The Morgan fingerprint density at radius 3 is 2.71 bits per heavy atom. The minimum absolute atomic E-state index is 0.234. The summed E-state index contributed by atoms with van der Waals surface area (Å²) in [5, 5.41) is 5.62. The molecule has 2 aliphatic heterocycles. The van der Waals surface area contributed by atoms with E-state index in [0.717, 1.165) is 18.2 Å². The number of urea groups is 1.